The molecule has 20 heavy (non-hydrogen) atoms. The molecule has 1 aromatic carbocycles. The number of carbonyl (C=O) groups is 1. The van der Waals surface area contributed by atoms with Crippen LogP contribution in [-0.2, 0) is 9.53 Å². The van der Waals surface area contributed by atoms with Crippen molar-refractivity contribution in [2.24, 2.45) is 5.92 Å². The van der Waals surface area contributed by atoms with Crippen molar-refractivity contribution in [2.45, 2.75) is 26.3 Å². The molecule has 1 N–H and O–H groups in total. The third kappa shape index (κ3) is 4.99. The molecule has 4 nitrogen and oxygen atoms in total. The van der Waals surface area contributed by atoms with Gasteiger partial charge in [-0.25, -0.2) is 0 Å². The maximum Gasteiger partial charge on any atom is 0.573 e. The Bertz CT molecular complexity index is 462. The Morgan fingerprint density at radius 3 is 2.50 bits per heavy atom. The fourth-order valence-electron chi connectivity index (χ4n) is 1.56. The van der Waals surface area contributed by atoms with Gasteiger partial charge in [-0.05, 0) is 26.0 Å². The van der Waals surface area contributed by atoms with Crippen molar-refractivity contribution >= 4 is 11.7 Å². The van der Waals surface area contributed by atoms with Gasteiger partial charge in [0.2, 0.25) is 0 Å². The molecule has 0 bridgehead atoms. The van der Waals surface area contributed by atoms with Gasteiger partial charge in [-0.3, -0.25) is 4.79 Å². The second-order valence-corrected chi connectivity index (χ2v) is 4.32. The topological polar surface area (TPSA) is 47.6 Å². The largest absolute Gasteiger partial charge is 0.573 e. The number of ether oxygens (including phenoxy) is 2. The SMILES string of the molecule is COC(=O)C(C)C(C)Nc1cccc(OC(F)(F)F)c1. The second-order valence-electron chi connectivity index (χ2n) is 4.32. The third-order valence-corrected chi connectivity index (χ3v) is 2.78. The number of nitrogens with one attached hydrogen (secondary N) is 1. The molecule has 0 radical (unpaired) electrons. The minimum Gasteiger partial charge on any atom is -0.469 e. The van der Waals surface area contributed by atoms with Gasteiger partial charge in [0.05, 0.1) is 13.0 Å². The van der Waals surface area contributed by atoms with Crippen molar-refractivity contribution in [1.29, 1.82) is 0 Å². The third-order valence-electron chi connectivity index (χ3n) is 2.78. The van der Waals surface area contributed by atoms with Gasteiger partial charge in [-0.2, -0.15) is 0 Å². The zero-order valence-electron chi connectivity index (χ0n) is 11.3. The summed E-state index contributed by atoms with van der Waals surface area (Å²) >= 11 is 0. The summed E-state index contributed by atoms with van der Waals surface area (Å²) in [4.78, 5) is 11.4. The molecule has 2 atom stereocenters. The molecule has 0 aliphatic carbocycles. The molecule has 112 valence electrons. The van der Waals surface area contributed by atoms with Crippen molar-refractivity contribution in [1.82, 2.24) is 0 Å². The fraction of sp³-hybridized carbons (Fsp3) is 0.462. The van der Waals surface area contributed by atoms with Gasteiger partial charge in [0, 0.05) is 17.8 Å². The van der Waals surface area contributed by atoms with E-state index in [-0.39, 0.29) is 11.8 Å². The van der Waals surface area contributed by atoms with Crippen LogP contribution in [0, 0.1) is 5.92 Å². The molecule has 0 saturated carbocycles. The van der Waals surface area contributed by atoms with E-state index in [4.69, 9.17) is 0 Å². The first-order valence-corrected chi connectivity index (χ1v) is 5.93. The van der Waals surface area contributed by atoms with E-state index in [1.807, 2.05) is 0 Å². The van der Waals surface area contributed by atoms with Crippen LogP contribution in [0.5, 0.6) is 5.75 Å². The van der Waals surface area contributed by atoms with Crippen LogP contribution in [0.2, 0.25) is 0 Å². The normalized spacial score (nSPS) is 14.3. The van der Waals surface area contributed by atoms with Crippen LogP contribution in [0.25, 0.3) is 0 Å². The molecule has 1 rings (SSSR count). The molecule has 0 aliphatic rings. The fourth-order valence-corrected chi connectivity index (χ4v) is 1.56. The number of carbonyl (C=O) groups excluding carboxylic acids is 1. The first kappa shape index (κ1) is 16.1. The van der Waals surface area contributed by atoms with Crippen LogP contribution in [0.1, 0.15) is 13.8 Å². The van der Waals surface area contributed by atoms with E-state index in [0.717, 1.165) is 0 Å². The molecule has 2 unspecified atom stereocenters. The Kier molecular flexibility index (Phi) is 5.24. The van der Waals surface area contributed by atoms with Gasteiger partial charge in [0.15, 0.2) is 0 Å². The van der Waals surface area contributed by atoms with Gasteiger partial charge in [0.25, 0.3) is 0 Å². The van der Waals surface area contributed by atoms with E-state index in [2.05, 4.69) is 14.8 Å². The van der Waals surface area contributed by atoms with E-state index >= 15 is 0 Å². The molecule has 1 aromatic rings. The minimum absolute atomic E-state index is 0.302. The van der Waals surface area contributed by atoms with Crippen LogP contribution in [0.15, 0.2) is 24.3 Å². The smallest absolute Gasteiger partial charge is 0.469 e. The summed E-state index contributed by atoms with van der Waals surface area (Å²) in [6, 6.07) is 5.13. The van der Waals surface area contributed by atoms with E-state index < -0.39 is 18.2 Å². The van der Waals surface area contributed by atoms with Crippen LogP contribution in [-0.4, -0.2) is 25.5 Å². The number of halogens is 3. The molecule has 0 aromatic heterocycles. The maximum absolute atomic E-state index is 12.1. The average Bonchev–Trinajstić information content (AvgIpc) is 2.35. The predicted octanol–water partition coefficient (Wildman–Crippen LogP) is 3.19. The zero-order valence-corrected chi connectivity index (χ0v) is 11.3. The molecular weight excluding hydrogens is 275 g/mol. The summed E-state index contributed by atoms with van der Waals surface area (Å²) in [5.74, 6) is -1.15. The van der Waals surface area contributed by atoms with Crippen LogP contribution >= 0.6 is 0 Å². The van der Waals surface area contributed by atoms with Crippen LogP contribution < -0.4 is 10.1 Å². The van der Waals surface area contributed by atoms with Crippen molar-refractivity contribution in [3.05, 3.63) is 24.3 Å². The van der Waals surface area contributed by atoms with Crippen molar-refractivity contribution < 1.29 is 27.4 Å². The van der Waals surface area contributed by atoms with Gasteiger partial charge >= 0.3 is 12.3 Å². The number of rotatable bonds is 5. The predicted molar refractivity (Wildman–Crippen MR) is 67.4 cm³/mol. The quantitative estimate of drug-likeness (QED) is 0.846. The second kappa shape index (κ2) is 6.49. The van der Waals surface area contributed by atoms with Crippen molar-refractivity contribution in [2.75, 3.05) is 12.4 Å². The number of hydrogen-bond acceptors (Lipinski definition) is 4. The molecule has 0 amide bonds. The van der Waals surface area contributed by atoms with Gasteiger partial charge in [-0.15, -0.1) is 13.2 Å². The van der Waals surface area contributed by atoms with Crippen molar-refractivity contribution in [3.8, 4) is 5.75 Å². The van der Waals surface area contributed by atoms with E-state index in [9.17, 15) is 18.0 Å². The molecule has 0 saturated heterocycles. The highest BCUT2D eigenvalue weighted by Gasteiger charge is 2.31. The number of methoxy groups -OCH3 is 1. The van der Waals surface area contributed by atoms with Gasteiger partial charge in [0.1, 0.15) is 5.75 Å². The molecule has 0 spiro atoms. The Labute approximate surface area is 114 Å². The van der Waals surface area contributed by atoms with Crippen molar-refractivity contribution in [3.63, 3.8) is 0 Å². The summed E-state index contributed by atoms with van der Waals surface area (Å²) < 4.78 is 44.8. The summed E-state index contributed by atoms with van der Waals surface area (Å²) in [5.41, 5.74) is 0.426. The maximum atomic E-state index is 12.1. The highest BCUT2D eigenvalue weighted by Crippen LogP contribution is 2.25. The zero-order chi connectivity index (χ0) is 15.3. The Balaban J connectivity index is 2.73. The van der Waals surface area contributed by atoms with Gasteiger partial charge < -0.3 is 14.8 Å². The first-order valence-electron chi connectivity index (χ1n) is 5.93. The van der Waals surface area contributed by atoms with E-state index in [0.29, 0.717) is 5.69 Å². The summed E-state index contributed by atoms with van der Waals surface area (Å²) in [6.07, 6.45) is -4.73. The highest BCUT2D eigenvalue weighted by molar-refractivity contribution is 5.73. The van der Waals surface area contributed by atoms with E-state index in [1.165, 1.54) is 25.3 Å². The lowest BCUT2D eigenvalue weighted by Gasteiger charge is -2.20. The summed E-state index contributed by atoms with van der Waals surface area (Å²) in [5, 5.41) is 2.93. The van der Waals surface area contributed by atoms with Gasteiger partial charge in [-0.1, -0.05) is 6.07 Å². The first-order chi connectivity index (χ1) is 9.23. The monoisotopic (exact) mass is 291 g/mol. The molecule has 0 heterocycles. The Morgan fingerprint density at radius 1 is 1.30 bits per heavy atom. The minimum atomic E-state index is -4.73. The Hall–Kier alpha value is -1.92. The molecule has 0 fully saturated rings. The number of hydrogen-bond donors (Lipinski definition) is 1. The lowest BCUT2D eigenvalue weighted by Crippen LogP contribution is -2.30. The number of esters is 1. The summed E-state index contributed by atoms with van der Waals surface area (Å²) in [6.45, 7) is 3.40. The summed E-state index contributed by atoms with van der Waals surface area (Å²) in [7, 11) is 1.28. The Morgan fingerprint density at radius 2 is 1.95 bits per heavy atom. The number of anilines is 1. The number of alkyl halides is 3. The standard InChI is InChI=1S/C13H16F3NO3/c1-8(12(18)19-3)9(2)17-10-5-4-6-11(7-10)20-13(14,15)16/h4-9,17H,1-3H3. The van der Waals surface area contributed by atoms with Crippen LogP contribution in [0.3, 0.4) is 0 Å². The molecule has 7 heteroatoms. The molecule has 0 aliphatic heterocycles. The highest BCUT2D eigenvalue weighted by atomic mass is 19.4. The van der Waals surface area contributed by atoms with E-state index in [1.54, 1.807) is 19.9 Å². The lowest BCUT2D eigenvalue weighted by molar-refractivity contribution is -0.274. The lowest BCUT2D eigenvalue weighted by atomic mass is 10.0. The van der Waals surface area contributed by atoms with Crippen LogP contribution in [0.4, 0.5) is 18.9 Å². The average molecular weight is 291 g/mol. The number of benzene rings is 1. The molecular formula is C13H16F3NO3.